The number of hydrogen-bond acceptors (Lipinski definition) is 5. The predicted octanol–water partition coefficient (Wildman–Crippen LogP) is 8.90. The predicted molar refractivity (Wildman–Crippen MR) is 148 cm³/mol. The second kappa shape index (κ2) is 19.4. The van der Waals surface area contributed by atoms with Gasteiger partial charge in [0.25, 0.3) is 0 Å². The van der Waals surface area contributed by atoms with Crippen LogP contribution >= 0.6 is 7.82 Å². The van der Waals surface area contributed by atoms with Crippen molar-refractivity contribution >= 4 is 13.7 Å². The first-order valence-corrected chi connectivity index (χ1v) is 15.4. The van der Waals surface area contributed by atoms with Gasteiger partial charge >= 0.3 is 7.82 Å². The number of amides is 1. The van der Waals surface area contributed by atoms with E-state index in [2.05, 4.69) is 24.4 Å². The molecule has 1 amide bonds. The Labute approximate surface area is 217 Å². The summed E-state index contributed by atoms with van der Waals surface area (Å²) in [4.78, 5) is 12.0. The fourth-order valence-electron chi connectivity index (χ4n) is 3.46. The number of allylic oxidation sites excluding steroid dienone is 2. The van der Waals surface area contributed by atoms with E-state index in [1.165, 1.54) is 57.8 Å². The molecule has 0 fully saturated rings. The Balaban J connectivity index is 3.75. The third-order valence-corrected chi connectivity index (χ3v) is 7.12. The molecule has 35 heavy (non-hydrogen) atoms. The summed E-state index contributed by atoms with van der Waals surface area (Å²) in [5.41, 5.74) is -1.28. The normalized spacial score (nSPS) is 13.0. The average Bonchev–Trinajstić information content (AvgIpc) is 2.71. The van der Waals surface area contributed by atoms with E-state index in [9.17, 15) is 9.36 Å². The van der Waals surface area contributed by atoms with Gasteiger partial charge in [-0.05, 0) is 86.5 Å². The third-order valence-electron chi connectivity index (χ3n) is 5.08. The number of nitrogens with one attached hydrogen (secondary N) is 1. The number of phosphoric acid groups is 1. The van der Waals surface area contributed by atoms with Crippen LogP contribution in [0.25, 0.3) is 0 Å². The van der Waals surface area contributed by atoms with Crippen LogP contribution in [0, 0.1) is 0 Å². The van der Waals surface area contributed by atoms with Crippen molar-refractivity contribution in [2.75, 3.05) is 13.2 Å². The molecule has 6 nitrogen and oxygen atoms in total. The summed E-state index contributed by atoms with van der Waals surface area (Å²) in [6, 6.07) is 0. The smallest absolute Gasteiger partial charge is 0.356 e. The van der Waals surface area contributed by atoms with Crippen LogP contribution < -0.4 is 5.32 Å². The molecule has 0 atom stereocenters. The molecule has 1 N–H and O–H groups in total. The SMILES string of the molecule is CCCCCC/C=C\CCCCCCCC(=O)NCCCCOP(=O)(OC(C)(C)C)OC(C)(C)C. The maximum absolute atomic E-state index is 12.9. The molecule has 0 saturated heterocycles. The Morgan fingerprint density at radius 1 is 0.743 bits per heavy atom. The first-order chi connectivity index (χ1) is 16.4. The largest absolute Gasteiger partial charge is 0.475 e. The van der Waals surface area contributed by atoms with E-state index < -0.39 is 19.0 Å². The number of carbonyl (C=O) groups is 1. The summed E-state index contributed by atoms with van der Waals surface area (Å²) in [6.45, 7) is 14.0. The maximum Gasteiger partial charge on any atom is 0.475 e. The highest BCUT2D eigenvalue weighted by molar-refractivity contribution is 7.48. The molecule has 0 aliphatic carbocycles. The number of phosphoric ester groups is 1. The van der Waals surface area contributed by atoms with Crippen molar-refractivity contribution in [1.29, 1.82) is 0 Å². The van der Waals surface area contributed by atoms with Crippen LogP contribution in [0.2, 0.25) is 0 Å². The van der Waals surface area contributed by atoms with Crippen molar-refractivity contribution < 1.29 is 22.9 Å². The van der Waals surface area contributed by atoms with Gasteiger partial charge in [-0.2, -0.15) is 0 Å². The van der Waals surface area contributed by atoms with Crippen LogP contribution in [0.4, 0.5) is 0 Å². The van der Waals surface area contributed by atoms with Crippen LogP contribution in [0.15, 0.2) is 12.2 Å². The molecule has 0 heterocycles. The molecule has 0 aliphatic heterocycles. The molecule has 0 radical (unpaired) electrons. The molecule has 208 valence electrons. The van der Waals surface area contributed by atoms with Crippen molar-refractivity contribution in [2.45, 2.75) is 150 Å². The molecule has 7 heteroatoms. The zero-order valence-corrected chi connectivity index (χ0v) is 24.9. The second-order valence-electron chi connectivity index (χ2n) is 11.4. The molecule has 0 saturated carbocycles. The zero-order valence-electron chi connectivity index (χ0n) is 24.0. The van der Waals surface area contributed by atoms with Crippen LogP contribution in [0.5, 0.6) is 0 Å². The van der Waals surface area contributed by atoms with E-state index in [1.807, 2.05) is 41.5 Å². The van der Waals surface area contributed by atoms with E-state index >= 15 is 0 Å². The Bertz CT molecular complexity index is 587. The lowest BCUT2D eigenvalue weighted by Gasteiger charge is -2.30. The number of rotatable bonds is 21. The van der Waals surface area contributed by atoms with Crippen molar-refractivity contribution in [1.82, 2.24) is 5.32 Å². The Kier molecular flexibility index (Phi) is 19.1. The highest BCUT2D eigenvalue weighted by atomic mass is 31.2. The lowest BCUT2D eigenvalue weighted by molar-refractivity contribution is -0.121. The van der Waals surface area contributed by atoms with Crippen molar-refractivity contribution in [3.63, 3.8) is 0 Å². The van der Waals surface area contributed by atoms with E-state index in [-0.39, 0.29) is 12.5 Å². The summed E-state index contributed by atoms with van der Waals surface area (Å²) in [5.74, 6) is 0.106. The van der Waals surface area contributed by atoms with Gasteiger partial charge in [-0.15, -0.1) is 0 Å². The van der Waals surface area contributed by atoms with Gasteiger partial charge in [0.15, 0.2) is 0 Å². The van der Waals surface area contributed by atoms with E-state index in [0.29, 0.717) is 19.4 Å². The molecule has 0 rings (SSSR count). The molecular formula is C28H56NO5P. The van der Waals surface area contributed by atoms with Crippen molar-refractivity contribution in [3.8, 4) is 0 Å². The fraction of sp³-hybridized carbons (Fsp3) is 0.893. The summed E-state index contributed by atoms with van der Waals surface area (Å²) in [7, 11) is -3.66. The minimum atomic E-state index is -3.66. The highest BCUT2D eigenvalue weighted by Gasteiger charge is 2.36. The average molecular weight is 518 g/mol. The zero-order chi connectivity index (χ0) is 26.6. The quantitative estimate of drug-likeness (QED) is 0.0934. The van der Waals surface area contributed by atoms with Crippen molar-refractivity contribution in [2.24, 2.45) is 0 Å². The number of hydrogen-bond donors (Lipinski definition) is 1. The van der Waals surface area contributed by atoms with Gasteiger partial charge < -0.3 is 5.32 Å². The third kappa shape index (κ3) is 24.8. The van der Waals surface area contributed by atoms with E-state index in [4.69, 9.17) is 13.6 Å². The van der Waals surface area contributed by atoms with E-state index in [0.717, 1.165) is 19.3 Å². The van der Waals surface area contributed by atoms with Crippen LogP contribution in [0.1, 0.15) is 138 Å². The monoisotopic (exact) mass is 517 g/mol. The van der Waals surface area contributed by atoms with Crippen LogP contribution in [0.3, 0.4) is 0 Å². The Morgan fingerprint density at radius 3 is 1.80 bits per heavy atom. The van der Waals surface area contributed by atoms with Gasteiger partial charge in [-0.3, -0.25) is 18.4 Å². The molecule has 0 aromatic carbocycles. The van der Waals surface area contributed by atoms with Gasteiger partial charge in [-0.25, -0.2) is 4.57 Å². The first kappa shape index (κ1) is 34.3. The van der Waals surface area contributed by atoms with E-state index in [1.54, 1.807) is 0 Å². The molecule has 0 aromatic rings. The molecule has 0 bridgehead atoms. The van der Waals surface area contributed by atoms with Gasteiger partial charge in [0.05, 0.1) is 17.8 Å². The maximum atomic E-state index is 12.9. The Morgan fingerprint density at radius 2 is 1.26 bits per heavy atom. The molecule has 0 aliphatic rings. The lowest BCUT2D eigenvalue weighted by atomic mass is 10.1. The molecule has 0 spiro atoms. The second-order valence-corrected chi connectivity index (χ2v) is 12.9. The van der Waals surface area contributed by atoms with Gasteiger partial charge in [0.1, 0.15) is 0 Å². The fourth-order valence-corrected chi connectivity index (χ4v) is 5.30. The van der Waals surface area contributed by atoms with Gasteiger partial charge in [-0.1, -0.05) is 57.6 Å². The minimum absolute atomic E-state index is 0.106. The number of carbonyl (C=O) groups excluding carboxylic acids is 1. The summed E-state index contributed by atoms with van der Waals surface area (Å²) >= 11 is 0. The first-order valence-electron chi connectivity index (χ1n) is 13.9. The summed E-state index contributed by atoms with van der Waals surface area (Å²) in [5, 5.41) is 2.96. The molecule has 0 unspecified atom stereocenters. The molecule has 0 aromatic heterocycles. The van der Waals surface area contributed by atoms with Gasteiger partial charge in [0.2, 0.25) is 5.91 Å². The molecular weight excluding hydrogens is 461 g/mol. The summed E-state index contributed by atoms with van der Waals surface area (Å²) < 4.78 is 29.7. The van der Waals surface area contributed by atoms with Crippen LogP contribution in [-0.2, 0) is 22.9 Å². The standard InChI is InChI=1S/C28H56NO5P/c1-8-9-10-11-12-13-14-15-16-17-18-19-20-23-26(30)29-24-21-22-25-32-35(31,33-27(2,3)4)34-28(5,6)7/h13-14H,8-12,15-25H2,1-7H3,(H,29,30)/b14-13-. The minimum Gasteiger partial charge on any atom is -0.356 e. The lowest BCUT2D eigenvalue weighted by Crippen LogP contribution is -2.25. The summed E-state index contributed by atoms with van der Waals surface area (Å²) in [6.07, 6.45) is 20.1. The highest BCUT2D eigenvalue weighted by Crippen LogP contribution is 2.55. The van der Waals surface area contributed by atoms with Crippen LogP contribution in [-0.4, -0.2) is 30.3 Å². The topological polar surface area (TPSA) is 73.9 Å². The van der Waals surface area contributed by atoms with Crippen molar-refractivity contribution in [3.05, 3.63) is 12.2 Å². The Hall–Kier alpha value is -0.680. The number of unbranched alkanes of at least 4 members (excludes halogenated alkanes) is 10. The van der Waals surface area contributed by atoms with Gasteiger partial charge in [0, 0.05) is 13.0 Å².